The second kappa shape index (κ2) is 8.62. The van der Waals surface area contributed by atoms with Gasteiger partial charge in [0.2, 0.25) is 5.91 Å². The maximum atomic E-state index is 12.3. The number of hydrogen-bond donors (Lipinski definition) is 1. The third kappa shape index (κ3) is 4.92. The molecule has 1 unspecified atom stereocenters. The predicted octanol–water partition coefficient (Wildman–Crippen LogP) is 1.43. The largest absolute Gasteiger partial charge is 0.497 e. The quantitative estimate of drug-likeness (QED) is 0.844. The Labute approximate surface area is 153 Å². The van der Waals surface area contributed by atoms with Gasteiger partial charge in [-0.15, -0.1) is 0 Å². The van der Waals surface area contributed by atoms with Gasteiger partial charge in [0, 0.05) is 56.3 Å². The normalized spacial score (nSPS) is 16.9. The van der Waals surface area contributed by atoms with Gasteiger partial charge in [-0.05, 0) is 13.0 Å². The van der Waals surface area contributed by atoms with E-state index in [2.05, 4.69) is 20.2 Å². The van der Waals surface area contributed by atoms with E-state index in [1.807, 2.05) is 25.1 Å². The van der Waals surface area contributed by atoms with Crippen LogP contribution in [0, 0.1) is 0 Å². The minimum absolute atomic E-state index is 0.00180. The lowest BCUT2D eigenvalue weighted by Crippen LogP contribution is -2.40. The first-order valence-electron chi connectivity index (χ1n) is 8.71. The third-order valence-corrected chi connectivity index (χ3v) is 4.20. The molecule has 0 fully saturated rings. The SMILES string of the molecule is COc1ccc2c(c1)OC(C)CN(CC(=O)NCCc1cnccn1)C2. The van der Waals surface area contributed by atoms with Gasteiger partial charge in [0.25, 0.3) is 0 Å². The number of hydrogen-bond acceptors (Lipinski definition) is 6. The van der Waals surface area contributed by atoms with E-state index < -0.39 is 0 Å². The highest BCUT2D eigenvalue weighted by molar-refractivity contribution is 5.78. The van der Waals surface area contributed by atoms with Gasteiger partial charge in [-0.3, -0.25) is 19.7 Å². The summed E-state index contributed by atoms with van der Waals surface area (Å²) in [6, 6.07) is 5.80. The van der Waals surface area contributed by atoms with Crippen molar-refractivity contribution in [1.82, 2.24) is 20.2 Å². The van der Waals surface area contributed by atoms with Crippen LogP contribution in [-0.2, 0) is 17.8 Å². The average molecular weight is 356 g/mol. The van der Waals surface area contributed by atoms with Crippen molar-refractivity contribution in [2.75, 3.05) is 26.7 Å². The van der Waals surface area contributed by atoms with Crippen molar-refractivity contribution in [2.24, 2.45) is 0 Å². The predicted molar refractivity (Wildman–Crippen MR) is 97.1 cm³/mol. The monoisotopic (exact) mass is 356 g/mol. The Balaban J connectivity index is 1.54. The Morgan fingerprint density at radius 3 is 3.08 bits per heavy atom. The molecular weight excluding hydrogens is 332 g/mol. The van der Waals surface area contributed by atoms with Gasteiger partial charge in [0.1, 0.15) is 17.6 Å². The maximum absolute atomic E-state index is 12.3. The van der Waals surface area contributed by atoms with E-state index >= 15 is 0 Å². The van der Waals surface area contributed by atoms with Crippen molar-refractivity contribution in [3.8, 4) is 11.5 Å². The summed E-state index contributed by atoms with van der Waals surface area (Å²) >= 11 is 0. The summed E-state index contributed by atoms with van der Waals surface area (Å²) in [4.78, 5) is 22.6. The molecule has 7 nitrogen and oxygen atoms in total. The second-order valence-electron chi connectivity index (χ2n) is 6.37. The molecule has 1 aliphatic heterocycles. The van der Waals surface area contributed by atoms with Crippen LogP contribution in [0.25, 0.3) is 0 Å². The van der Waals surface area contributed by atoms with E-state index in [1.165, 1.54) is 0 Å². The Morgan fingerprint density at radius 1 is 1.42 bits per heavy atom. The molecule has 1 N–H and O–H groups in total. The van der Waals surface area contributed by atoms with E-state index in [4.69, 9.17) is 9.47 Å². The van der Waals surface area contributed by atoms with Crippen LogP contribution in [0.5, 0.6) is 11.5 Å². The van der Waals surface area contributed by atoms with Gasteiger partial charge in [-0.2, -0.15) is 0 Å². The first-order valence-corrected chi connectivity index (χ1v) is 8.71. The highest BCUT2D eigenvalue weighted by atomic mass is 16.5. The zero-order chi connectivity index (χ0) is 18.4. The molecule has 0 bridgehead atoms. The molecule has 0 saturated heterocycles. The smallest absolute Gasteiger partial charge is 0.234 e. The number of carbonyl (C=O) groups excluding carboxylic acids is 1. The molecule has 3 rings (SSSR count). The highest BCUT2D eigenvalue weighted by Gasteiger charge is 2.22. The summed E-state index contributed by atoms with van der Waals surface area (Å²) in [6.45, 7) is 4.24. The van der Waals surface area contributed by atoms with E-state index in [0.29, 0.717) is 32.6 Å². The molecule has 1 atom stereocenters. The first kappa shape index (κ1) is 18.1. The van der Waals surface area contributed by atoms with Gasteiger partial charge in [-0.25, -0.2) is 0 Å². The lowest BCUT2D eigenvalue weighted by atomic mass is 10.2. The Morgan fingerprint density at radius 2 is 2.31 bits per heavy atom. The molecule has 2 heterocycles. The number of fused-ring (bicyclic) bond motifs is 1. The van der Waals surface area contributed by atoms with Crippen molar-refractivity contribution in [3.05, 3.63) is 48.0 Å². The number of ether oxygens (including phenoxy) is 2. The summed E-state index contributed by atoms with van der Waals surface area (Å²) in [6.07, 6.45) is 5.67. The average Bonchev–Trinajstić information content (AvgIpc) is 2.79. The van der Waals surface area contributed by atoms with Crippen molar-refractivity contribution in [1.29, 1.82) is 0 Å². The summed E-state index contributed by atoms with van der Waals surface area (Å²) in [7, 11) is 1.64. The fraction of sp³-hybridized carbons (Fsp3) is 0.421. The van der Waals surface area contributed by atoms with Crippen molar-refractivity contribution >= 4 is 5.91 Å². The number of aromatic nitrogens is 2. The number of amides is 1. The second-order valence-corrected chi connectivity index (χ2v) is 6.37. The van der Waals surface area contributed by atoms with E-state index in [9.17, 15) is 4.79 Å². The molecule has 1 amide bonds. The lowest BCUT2D eigenvalue weighted by Gasteiger charge is -2.21. The summed E-state index contributed by atoms with van der Waals surface area (Å²) in [5.41, 5.74) is 1.93. The lowest BCUT2D eigenvalue weighted by molar-refractivity contribution is -0.122. The van der Waals surface area contributed by atoms with Crippen LogP contribution in [0.4, 0.5) is 0 Å². The molecule has 1 aromatic heterocycles. The maximum Gasteiger partial charge on any atom is 0.234 e. The molecule has 7 heteroatoms. The Hall–Kier alpha value is -2.67. The molecule has 1 aliphatic rings. The van der Waals surface area contributed by atoms with Gasteiger partial charge in [0.05, 0.1) is 19.3 Å². The van der Waals surface area contributed by atoms with Crippen molar-refractivity contribution in [3.63, 3.8) is 0 Å². The molecule has 0 radical (unpaired) electrons. The minimum Gasteiger partial charge on any atom is -0.497 e. The van der Waals surface area contributed by atoms with E-state index in [0.717, 1.165) is 22.8 Å². The number of nitrogens with one attached hydrogen (secondary N) is 1. The number of methoxy groups -OCH3 is 1. The van der Waals surface area contributed by atoms with Gasteiger partial charge in [0.15, 0.2) is 0 Å². The molecule has 0 saturated carbocycles. The standard InChI is InChI=1S/C19H24N4O3/c1-14-11-23(12-15-3-4-17(25-2)9-18(15)26-14)13-19(24)22-6-5-16-10-20-7-8-21-16/h3-4,7-10,14H,5-6,11-13H2,1-2H3,(H,22,24). The van der Waals surface area contributed by atoms with Crippen LogP contribution < -0.4 is 14.8 Å². The van der Waals surface area contributed by atoms with Gasteiger partial charge < -0.3 is 14.8 Å². The van der Waals surface area contributed by atoms with Gasteiger partial charge >= 0.3 is 0 Å². The number of carbonyl (C=O) groups is 1. The van der Waals surface area contributed by atoms with Crippen LogP contribution in [0.2, 0.25) is 0 Å². The minimum atomic E-state index is -0.00394. The van der Waals surface area contributed by atoms with Gasteiger partial charge in [-0.1, -0.05) is 6.07 Å². The Kier molecular flexibility index (Phi) is 6.01. The molecule has 2 aromatic rings. The van der Waals surface area contributed by atoms with Crippen molar-refractivity contribution in [2.45, 2.75) is 26.0 Å². The topological polar surface area (TPSA) is 76.6 Å². The molecule has 0 aliphatic carbocycles. The molecule has 0 spiro atoms. The van der Waals surface area contributed by atoms with Crippen LogP contribution in [0.1, 0.15) is 18.2 Å². The molecule has 26 heavy (non-hydrogen) atoms. The van der Waals surface area contributed by atoms with E-state index in [-0.39, 0.29) is 12.0 Å². The highest BCUT2D eigenvalue weighted by Crippen LogP contribution is 2.29. The number of benzene rings is 1. The number of nitrogens with zero attached hydrogens (tertiary/aromatic N) is 3. The fourth-order valence-electron chi connectivity index (χ4n) is 2.99. The zero-order valence-electron chi connectivity index (χ0n) is 15.1. The first-order chi connectivity index (χ1) is 12.6. The summed E-state index contributed by atoms with van der Waals surface area (Å²) in [5.74, 6) is 1.59. The van der Waals surface area contributed by atoms with Crippen LogP contribution >= 0.6 is 0 Å². The summed E-state index contributed by atoms with van der Waals surface area (Å²) < 4.78 is 11.2. The molecule has 1 aromatic carbocycles. The van der Waals surface area contributed by atoms with Crippen molar-refractivity contribution < 1.29 is 14.3 Å². The Bertz CT molecular complexity index is 739. The fourth-order valence-corrected chi connectivity index (χ4v) is 2.99. The van der Waals surface area contributed by atoms with Crippen LogP contribution in [0.3, 0.4) is 0 Å². The number of rotatable bonds is 6. The molecule has 138 valence electrons. The molecular formula is C19H24N4O3. The van der Waals surface area contributed by atoms with E-state index in [1.54, 1.807) is 25.7 Å². The van der Waals surface area contributed by atoms with Crippen LogP contribution in [0.15, 0.2) is 36.8 Å². The summed E-state index contributed by atoms with van der Waals surface area (Å²) in [5, 5.41) is 2.95. The zero-order valence-corrected chi connectivity index (χ0v) is 15.1. The van der Waals surface area contributed by atoms with Crippen LogP contribution in [-0.4, -0.2) is 53.6 Å². The third-order valence-electron chi connectivity index (χ3n) is 4.20.